The van der Waals surface area contributed by atoms with Crippen LogP contribution in [0, 0.1) is 0 Å². The fourth-order valence-corrected chi connectivity index (χ4v) is 5.24. The molecule has 0 aliphatic rings. The van der Waals surface area contributed by atoms with Crippen LogP contribution < -0.4 is 0 Å². The van der Waals surface area contributed by atoms with E-state index >= 15 is 0 Å². The molecule has 0 amide bonds. The van der Waals surface area contributed by atoms with Gasteiger partial charge in [0.2, 0.25) is 0 Å². The molecule has 6 rings (SSSR count). The number of hydrogen-bond donors (Lipinski definition) is 0. The average Bonchev–Trinajstić information content (AvgIpc) is 3.65. The van der Waals surface area contributed by atoms with E-state index < -0.39 is 0 Å². The minimum atomic E-state index is 0.676. The summed E-state index contributed by atoms with van der Waals surface area (Å²) in [7, 11) is 6.16. The SMILES string of the molecule is Cn1cc(CN(Cc2cn(C)c(-c3ccccc3)n2)Cc2cn(C)c(-c3ccccc3)n2)nc1-c1ccccc1. The molecule has 0 radical (unpaired) electrons. The maximum absolute atomic E-state index is 5.01. The topological polar surface area (TPSA) is 56.7 Å². The largest absolute Gasteiger partial charge is 0.334 e. The minimum Gasteiger partial charge on any atom is -0.334 e. The molecule has 0 atom stereocenters. The molecule has 40 heavy (non-hydrogen) atoms. The second-order valence-corrected chi connectivity index (χ2v) is 10.2. The zero-order valence-electron chi connectivity index (χ0n) is 23.1. The number of aromatic nitrogens is 6. The van der Waals surface area contributed by atoms with E-state index in [1.165, 1.54) is 0 Å². The minimum absolute atomic E-state index is 0.676. The van der Waals surface area contributed by atoms with Gasteiger partial charge >= 0.3 is 0 Å². The first-order chi connectivity index (χ1) is 19.5. The third kappa shape index (κ3) is 5.51. The Kier molecular flexibility index (Phi) is 7.12. The van der Waals surface area contributed by atoms with Crippen LogP contribution in [-0.4, -0.2) is 33.6 Å². The second kappa shape index (κ2) is 11.2. The van der Waals surface area contributed by atoms with Crippen molar-refractivity contribution in [2.75, 3.05) is 0 Å². The van der Waals surface area contributed by atoms with Crippen molar-refractivity contribution < 1.29 is 0 Å². The fourth-order valence-electron chi connectivity index (χ4n) is 5.24. The molecule has 0 bridgehead atoms. The van der Waals surface area contributed by atoms with Gasteiger partial charge in [-0.1, -0.05) is 91.0 Å². The molecule has 0 spiro atoms. The van der Waals surface area contributed by atoms with Gasteiger partial charge in [0, 0.05) is 76.1 Å². The van der Waals surface area contributed by atoms with Crippen molar-refractivity contribution in [2.24, 2.45) is 21.1 Å². The molecule has 0 saturated heterocycles. The number of rotatable bonds is 9. The summed E-state index contributed by atoms with van der Waals surface area (Å²) in [6.07, 6.45) is 6.37. The van der Waals surface area contributed by atoms with E-state index in [2.05, 4.69) is 94.7 Å². The summed E-state index contributed by atoms with van der Waals surface area (Å²) in [5.41, 5.74) is 6.37. The molecular formula is C33H33N7. The van der Waals surface area contributed by atoms with Gasteiger partial charge in [-0.3, -0.25) is 4.90 Å². The zero-order valence-corrected chi connectivity index (χ0v) is 23.1. The highest BCUT2D eigenvalue weighted by Gasteiger charge is 2.18. The van der Waals surface area contributed by atoms with Crippen LogP contribution in [0.15, 0.2) is 110 Å². The first-order valence-corrected chi connectivity index (χ1v) is 13.5. The Morgan fingerprint density at radius 3 is 1.00 bits per heavy atom. The van der Waals surface area contributed by atoms with Crippen LogP contribution in [-0.2, 0) is 40.8 Å². The third-order valence-corrected chi connectivity index (χ3v) is 7.03. The highest BCUT2D eigenvalue weighted by atomic mass is 15.2. The molecule has 0 fully saturated rings. The second-order valence-electron chi connectivity index (χ2n) is 10.2. The van der Waals surface area contributed by atoms with Crippen LogP contribution in [0.3, 0.4) is 0 Å². The molecule has 200 valence electrons. The molecule has 6 aromatic rings. The van der Waals surface area contributed by atoms with Crippen molar-refractivity contribution in [3.8, 4) is 34.2 Å². The Hall–Kier alpha value is -4.75. The zero-order chi connectivity index (χ0) is 27.5. The first-order valence-electron chi connectivity index (χ1n) is 13.5. The van der Waals surface area contributed by atoms with Gasteiger partial charge in [0.1, 0.15) is 17.5 Å². The lowest BCUT2D eigenvalue weighted by molar-refractivity contribution is 0.239. The average molecular weight is 528 g/mol. The number of imidazole rings is 3. The van der Waals surface area contributed by atoms with Gasteiger partial charge in [0.15, 0.2) is 0 Å². The van der Waals surface area contributed by atoms with Crippen LogP contribution in [0.5, 0.6) is 0 Å². The number of nitrogens with zero attached hydrogens (tertiary/aromatic N) is 7. The van der Waals surface area contributed by atoms with E-state index in [9.17, 15) is 0 Å². The molecular weight excluding hydrogens is 494 g/mol. The fraction of sp³-hybridized carbons (Fsp3) is 0.182. The standard InChI is InChI=1S/C33H33N7/c1-37-19-28(34-31(37)25-13-7-4-8-14-25)22-40(23-29-20-38(2)32(35-29)26-15-9-5-10-16-26)24-30-21-39(3)33(36-30)27-17-11-6-12-18-27/h4-21H,22-24H2,1-3H3. The third-order valence-electron chi connectivity index (χ3n) is 7.03. The Balaban J connectivity index is 1.30. The lowest BCUT2D eigenvalue weighted by Gasteiger charge is -2.19. The quantitative estimate of drug-likeness (QED) is 0.228. The van der Waals surface area contributed by atoms with Gasteiger partial charge in [0.05, 0.1) is 17.1 Å². The summed E-state index contributed by atoms with van der Waals surface area (Å²) in [6, 6.07) is 31.0. The monoisotopic (exact) mass is 527 g/mol. The van der Waals surface area contributed by atoms with E-state index in [-0.39, 0.29) is 0 Å². The molecule has 0 aliphatic heterocycles. The number of benzene rings is 3. The first kappa shape index (κ1) is 25.5. The Labute approximate surface area is 235 Å². The highest BCUT2D eigenvalue weighted by Crippen LogP contribution is 2.23. The van der Waals surface area contributed by atoms with Crippen molar-refractivity contribution in [3.63, 3.8) is 0 Å². The maximum atomic E-state index is 5.01. The van der Waals surface area contributed by atoms with Crippen molar-refractivity contribution in [2.45, 2.75) is 19.6 Å². The van der Waals surface area contributed by atoms with Crippen molar-refractivity contribution >= 4 is 0 Å². The van der Waals surface area contributed by atoms with Crippen LogP contribution in [0.25, 0.3) is 34.2 Å². The van der Waals surface area contributed by atoms with Crippen molar-refractivity contribution in [1.29, 1.82) is 0 Å². The van der Waals surface area contributed by atoms with Crippen LogP contribution >= 0.6 is 0 Å². The van der Waals surface area contributed by atoms with Crippen molar-refractivity contribution in [1.82, 2.24) is 33.6 Å². The maximum Gasteiger partial charge on any atom is 0.140 e. The van der Waals surface area contributed by atoms with E-state index in [1.807, 2.05) is 54.6 Å². The summed E-state index contributed by atoms with van der Waals surface area (Å²) in [5.74, 6) is 2.89. The van der Waals surface area contributed by atoms with E-state index in [0.29, 0.717) is 19.6 Å². The molecule has 0 N–H and O–H groups in total. The Morgan fingerprint density at radius 2 is 0.725 bits per heavy atom. The molecule has 0 aliphatic carbocycles. The van der Waals surface area contributed by atoms with Gasteiger partial charge in [0.25, 0.3) is 0 Å². The van der Waals surface area contributed by atoms with Gasteiger partial charge in [-0.15, -0.1) is 0 Å². The van der Waals surface area contributed by atoms with Crippen LogP contribution in [0.4, 0.5) is 0 Å². The predicted molar refractivity (Wildman–Crippen MR) is 159 cm³/mol. The van der Waals surface area contributed by atoms with Crippen LogP contribution in [0.1, 0.15) is 17.1 Å². The van der Waals surface area contributed by atoms with Gasteiger partial charge in [-0.05, 0) is 0 Å². The predicted octanol–water partition coefficient (Wildman–Crippen LogP) is 6.09. The van der Waals surface area contributed by atoms with Crippen LogP contribution in [0.2, 0.25) is 0 Å². The van der Waals surface area contributed by atoms with Gasteiger partial charge in [-0.2, -0.15) is 0 Å². The smallest absolute Gasteiger partial charge is 0.140 e. The van der Waals surface area contributed by atoms with E-state index in [4.69, 9.17) is 15.0 Å². The lowest BCUT2D eigenvalue weighted by atomic mass is 10.2. The molecule has 3 aromatic carbocycles. The highest BCUT2D eigenvalue weighted by molar-refractivity contribution is 5.57. The number of hydrogen-bond acceptors (Lipinski definition) is 4. The molecule has 7 heteroatoms. The van der Waals surface area contributed by atoms with E-state index in [1.54, 1.807) is 0 Å². The summed E-state index contributed by atoms with van der Waals surface area (Å²) in [5, 5.41) is 0. The Bertz CT molecular complexity index is 1490. The summed E-state index contributed by atoms with van der Waals surface area (Å²) in [6.45, 7) is 2.03. The van der Waals surface area contributed by atoms with E-state index in [0.717, 1.165) is 51.2 Å². The van der Waals surface area contributed by atoms with Crippen molar-refractivity contribution in [3.05, 3.63) is 127 Å². The molecule has 7 nitrogen and oxygen atoms in total. The summed E-state index contributed by atoms with van der Waals surface area (Å²) < 4.78 is 6.31. The Morgan fingerprint density at radius 1 is 0.450 bits per heavy atom. The lowest BCUT2D eigenvalue weighted by Crippen LogP contribution is -2.23. The molecule has 3 aromatic heterocycles. The summed E-state index contributed by atoms with van der Waals surface area (Å²) >= 11 is 0. The molecule has 0 saturated carbocycles. The normalized spacial score (nSPS) is 11.4. The number of aryl methyl sites for hydroxylation is 3. The molecule has 0 unspecified atom stereocenters. The molecule has 3 heterocycles. The van der Waals surface area contributed by atoms with Gasteiger partial charge < -0.3 is 13.7 Å². The summed E-state index contributed by atoms with van der Waals surface area (Å²) in [4.78, 5) is 17.4. The van der Waals surface area contributed by atoms with Gasteiger partial charge in [-0.25, -0.2) is 15.0 Å².